The summed E-state index contributed by atoms with van der Waals surface area (Å²) in [7, 11) is 0. The first-order valence-electron chi connectivity index (χ1n) is 5.83. The SMILES string of the molecule is CC(CNCCC(C)(C)C)C(C)(C)C. The Morgan fingerprint density at radius 2 is 1.50 bits per heavy atom. The van der Waals surface area contributed by atoms with Crippen molar-refractivity contribution in [3.05, 3.63) is 0 Å². The van der Waals surface area contributed by atoms with Crippen LogP contribution in [0.4, 0.5) is 0 Å². The van der Waals surface area contributed by atoms with Crippen LogP contribution in [0.25, 0.3) is 0 Å². The number of nitrogens with one attached hydrogen (secondary N) is 1. The van der Waals surface area contributed by atoms with E-state index in [1.807, 2.05) is 0 Å². The van der Waals surface area contributed by atoms with Crippen LogP contribution in [0.1, 0.15) is 54.9 Å². The molecule has 0 bridgehead atoms. The molecule has 1 nitrogen and oxygen atoms in total. The van der Waals surface area contributed by atoms with Crippen LogP contribution in [0.3, 0.4) is 0 Å². The molecule has 0 aromatic rings. The normalized spacial score (nSPS) is 15.6. The number of rotatable bonds is 4. The first-order chi connectivity index (χ1) is 6.13. The van der Waals surface area contributed by atoms with Gasteiger partial charge in [-0.3, -0.25) is 0 Å². The Bertz CT molecular complexity index is 148. The second-order valence-electron chi connectivity index (χ2n) is 6.78. The molecule has 1 atom stereocenters. The monoisotopic (exact) mass is 199 g/mol. The zero-order chi connectivity index (χ0) is 11.4. The van der Waals surface area contributed by atoms with Crippen molar-refractivity contribution in [3.63, 3.8) is 0 Å². The summed E-state index contributed by atoms with van der Waals surface area (Å²) in [5.74, 6) is 0.738. The summed E-state index contributed by atoms with van der Waals surface area (Å²) in [6.07, 6.45) is 1.25. The lowest BCUT2D eigenvalue weighted by molar-refractivity contribution is 0.248. The van der Waals surface area contributed by atoms with Crippen LogP contribution < -0.4 is 5.32 Å². The Morgan fingerprint density at radius 1 is 1.00 bits per heavy atom. The van der Waals surface area contributed by atoms with Crippen LogP contribution in [0.15, 0.2) is 0 Å². The van der Waals surface area contributed by atoms with Gasteiger partial charge < -0.3 is 5.32 Å². The lowest BCUT2D eigenvalue weighted by Gasteiger charge is -2.28. The molecule has 0 heterocycles. The molecule has 0 saturated carbocycles. The van der Waals surface area contributed by atoms with E-state index in [9.17, 15) is 0 Å². The van der Waals surface area contributed by atoms with Crippen molar-refractivity contribution in [3.8, 4) is 0 Å². The van der Waals surface area contributed by atoms with E-state index >= 15 is 0 Å². The van der Waals surface area contributed by atoms with Gasteiger partial charge in [-0.1, -0.05) is 48.5 Å². The van der Waals surface area contributed by atoms with Gasteiger partial charge >= 0.3 is 0 Å². The van der Waals surface area contributed by atoms with Crippen LogP contribution >= 0.6 is 0 Å². The molecule has 0 saturated heterocycles. The maximum absolute atomic E-state index is 3.55. The lowest BCUT2D eigenvalue weighted by atomic mass is 9.82. The first-order valence-corrected chi connectivity index (χ1v) is 5.83. The predicted molar refractivity (Wildman–Crippen MR) is 65.6 cm³/mol. The average Bonchev–Trinajstić information content (AvgIpc) is 1.93. The Hall–Kier alpha value is -0.0400. The summed E-state index contributed by atoms with van der Waals surface area (Å²) < 4.78 is 0. The fraction of sp³-hybridized carbons (Fsp3) is 1.00. The summed E-state index contributed by atoms with van der Waals surface area (Å²) >= 11 is 0. The molecule has 0 amide bonds. The van der Waals surface area contributed by atoms with Crippen molar-refractivity contribution in [1.29, 1.82) is 0 Å². The predicted octanol–water partition coefficient (Wildman–Crippen LogP) is 3.69. The smallest absolute Gasteiger partial charge is 0.00182 e. The average molecular weight is 199 g/mol. The highest BCUT2D eigenvalue weighted by Gasteiger charge is 2.19. The van der Waals surface area contributed by atoms with E-state index in [2.05, 4.69) is 53.8 Å². The zero-order valence-electron chi connectivity index (χ0n) is 11.2. The van der Waals surface area contributed by atoms with Crippen molar-refractivity contribution in [2.24, 2.45) is 16.7 Å². The molecule has 0 aliphatic heterocycles. The lowest BCUT2D eigenvalue weighted by Crippen LogP contribution is -2.31. The van der Waals surface area contributed by atoms with Gasteiger partial charge in [-0.05, 0) is 36.3 Å². The summed E-state index contributed by atoms with van der Waals surface area (Å²) in [5, 5.41) is 3.55. The van der Waals surface area contributed by atoms with Gasteiger partial charge in [0, 0.05) is 0 Å². The standard InChI is InChI=1S/C13H29N/c1-11(13(5,6)7)10-14-9-8-12(2,3)4/h11,14H,8-10H2,1-7H3. The molecule has 0 aliphatic rings. The Balaban J connectivity index is 3.56. The summed E-state index contributed by atoms with van der Waals surface area (Å²) in [4.78, 5) is 0. The van der Waals surface area contributed by atoms with Gasteiger partial charge in [0.25, 0.3) is 0 Å². The molecule has 0 aliphatic carbocycles. The Kier molecular flexibility index (Phi) is 5.14. The molecule has 0 aromatic carbocycles. The molecule has 1 N–H and O–H groups in total. The molecule has 0 fully saturated rings. The van der Waals surface area contributed by atoms with Crippen molar-refractivity contribution >= 4 is 0 Å². The van der Waals surface area contributed by atoms with Gasteiger partial charge in [-0.15, -0.1) is 0 Å². The third-order valence-electron chi connectivity index (χ3n) is 2.98. The van der Waals surface area contributed by atoms with E-state index in [1.54, 1.807) is 0 Å². The van der Waals surface area contributed by atoms with Gasteiger partial charge in [0.2, 0.25) is 0 Å². The fourth-order valence-electron chi connectivity index (χ4n) is 1.09. The number of hydrogen-bond acceptors (Lipinski definition) is 1. The van der Waals surface area contributed by atoms with Crippen molar-refractivity contribution < 1.29 is 0 Å². The second kappa shape index (κ2) is 5.16. The van der Waals surface area contributed by atoms with Crippen molar-refractivity contribution in [2.75, 3.05) is 13.1 Å². The molecule has 1 heteroatoms. The van der Waals surface area contributed by atoms with Crippen LogP contribution in [0.2, 0.25) is 0 Å². The summed E-state index contributed by atoms with van der Waals surface area (Å²) in [6.45, 7) is 18.4. The third kappa shape index (κ3) is 7.37. The Labute approximate surface area is 90.7 Å². The quantitative estimate of drug-likeness (QED) is 0.681. The fourth-order valence-corrected chi connectivity index (χ4v) is 1.09. The molecule has 0 rings (SSSR count). The highest BCUT2D eigenvalue weighted by molar-refractivity contribution is 4.72. The van der Waals surface area contributed by atoms with E-state index in [1.165, 1.54) is 6.42 Å². The van der Waals surface area contributed by atoms with Gasteiger partial charge in [-0.2, -0.15) is 0 Å². The minimum atomic E-state index is 0.425. The van der Waals surface area contributed by atoms with Crippen LogP contribution in [-0.2, 0) is 0 Å². The van der Waals surface area contributed by atoms with Crippen LogP contribution in [0.5, 0.6) is 0 Å². The minimum absolute atomic E-state index is 0.425. The van der Waals surface area contributed by atoms with Crippen molar-refractivity contribution in [1.82, 2.24) is 5.32 Å². The first kappa shape index (κ1) is 14.0. The highest BCUT2D eigenvalue weighted by atomic mass is 14.9. The molecular formula is C13H29N. The molecule has 1 unspecified atom stereocenters. The molecule has 0 radical (unpaired) electrons. The topological polar surface area (TPSA) is 12.0 Å². The molecule has 0 spiro atoms. The molecule has 0 aromatic heterocycles. The Morgan fingerprint density at radius 3 is 1.86 bits per heavy atom. The zero-order valence-corrected chi connectivity index (χ0v) is 11.2. The van der Waals surface area contributed by atoms with E-state index in [0.29, 0.717) is 10.8 Å². The summed E-state index contributed by atoms with van der Waals surface area (Å²) in [5.41, 5.74) is 0.882. The van der Waals surface area contributed by atoms with Gasteiger partial charge in [0.15, 0.2) is 0 Å². The second-order valence-corrected chi connectivity index (χ2v) is 6.78. The number of hydrogen-bond donors (Lipinski definition) is 1. The van der Waals surface area contributed by atoms with E-state index in [0.717, 1.165) is 19.0 Å². The van der Waals surface area contributed by atoms with Gasteiger partial charge in [0.05, 0.1) is 0 Å². The van der Waals surface area contributed by atoms with E-state index in [-0.39, 0.29) is 0 Å². The van der Waals surface area contributed by atoms with Gasteiger partial charge in [0.1, 0.15) is 0 Å². The van der Waals surface area contributed by atoms with Crippen LogP contribution in [-0.4, -0.2) is 13.1 Å². The maximum Gasteiger partial charge on any atom is -0.00182 e. The van der Waals surface area contributed by atoms with Gasteiger partial charge in [-0.25, -0.2) is 0 Å². The van der Waals surface area contributed by atoms with Crippen molar-refractivity contribution in [2.45, 2.75) is 54.9 Å². The van der Waals surface area contributed by atoms with Crippen LogP contribution in [0, 0.1) is 16.7 Å². The largest absolute Gasteiger partial charge is 0.316 e. The molecule has 86 valence electrons. The van der Waals surface area contributed by atoms with E-state index < -0.39 is 0 Å². The minimum Gasteiger partial charge on any atom is -0.316 e. The third-order valence-corrected chi connectivity index (χ3v) is 2.98. The summed E-state index contributed by atoms with van der Waals surface area (Å²) in [6, 6.07) is 0. The maximum atomic E-state index is 3.55. The van der Waals surface area contributed by atoms with E-state index in [4.69, 9.17) is 0 Å². The highest BCUT2D eigenvalue weighted by Crippen LogP contribution is 2.24. The molecule has 14 heavy (non-hydrogen) atoms. The molecular weight excluding hydrogens is 170 g/mol.